The zero-order valence-electron chi connectivity index (χ0n) is 12.6. The smallest absolute Gasteiger partial charge is 0.265 e. The molecule has 24 heavy (non-hydrogen) atoms. The highest BCUT2D eigenvalue weighted by molar-refractivity contribution is 9.10. The van der Waals surface area contributed by atoms with Gasteiger partial charge in [-0.1, -0.05) is 27.9 Å². The van der Waals surface area contributed by atoms with Crippen molar-refractivity contribution in [3.8, 4) is 12.3 Å². The molecule has 6 heteroatoms. The van der Waals surface area contributed by atoms with E-state index in [0.29, 0.717) is 15.7 Å². The van der Waals surface area contributed by atoms with Gasteiger partial charge in [-0.15, -0.1) is 6.42 Å². The number of halogens is 1. The number of aromatic nitrogens is 1. The van der Waals surface area contributed by atoms with Crippen molar-refractivity contribution < 1.29 is 14.7 Å². The molecule has 1 amide bonds. The van der Waals surface area contributed by atoms with Gasteiger partial charge in [-0.25, -0.2) is 0 Å². The molecular formula is C18H13BrN2O3. The van der Waals surface area contributed by atoms with Gasteiger partial charge in [0.05, 0.1) is 18.7 Å². The van der Waals surface area contributed by atoms with Gasteiger partial charge in [-0.3, -0.25) is 19.5 Å². The van der Waals surface area contributed by atoms with E-state index < -0.39 is 23.7 Å². The molecule has 1 aromatic heterocycles. The van der Waals surface area contributed by atoms with E-state index in [1.54, 1.807) is 36.4 Å². The average Bonchev–Trinajstić information content (AvgIpc) is 2.78. The number of rotatable bonds is 4. The molecule has 0 spiro atoms. The highest BCUT2D eigenvalue weighted by Gasteiger charge is 2.51. The van der Waals surface area contributed by atoms with Crippen molar-refractivity contribution in [3.05, 3.63) is 58.3 Å². The van der Waals surface area contributed by atoms with Gasteiger partial charge in [0, 0.05) is 16.2 Å². The van der Waals surface area contributed by atoms with Gasteiger partial charge >= 0.3 is 0 Å². The Balaban J connectivity index is 2.03. The molecule has 1 atom stereocenters. The highest BCUT2D eigenvalue weighted by atomic mass is 79.9. The number of amides is 1. The molecule has 0 unspecified atom stereocenters. The van der Waals surface area contributed by atoms with Crippen molar-refractivity contribution in [3.63, 3.8) is 0 Å². The van der Waals surface area contributed by atoms with Crippen molar-refractivity contribution in [2.45, 2.75) is 12.0 Å². The van der Waals surface area contributed by atoms with Crippen LogP contribution in [0, 0.1) is 12.3 Å². The first kappa shape index (κ1) is 16.4. The number of hydrogen-bond donors (Lipinski definition) is 1. The van der Waals surface area contributed by atoms with Gasteiger partial charge in [0.25, 0.3) is 5.91 Å². The Labute approximate surface area is 147 Å². The number of aliphatic hydroxyl groups is 1. The summed E-state index contributed by atoms with van der Waals surface area (Å²) in [4.78, 5) is 30.5. The molecule has 2 heterocycles. The highest BCUT2D eigenvalue weighted by Crippen LogP contribution is 2.43. The molecule has 5 nitrogen and oxygen atoms in total. The number of ketones is 1. The summed E-state index contributed by atoms with van der Waals surface area (Å²) >= 11 is 3.33. The van der Waals surface area contributed by atoms with Crippen molar-refractivity contribution in [1.82, 2.24) is 4.98 Å². The molecule has 0 aliphatic carbocycles. The third-order valence-electron chi connectivity index (χ3n) is 3.91. The minimum Gasteiger partial charge on any atom is -0.375 e. The summed E-state index contributed by atoms with van der Waals surface area (Å²) in [5.41, 5.74) is -0.880. The second-order valence-electron chi connectivity index (χ2n) is 5.43. The Morgan fingerprint density at radius 2 is 2.17 bits per heavy atom. The first-order chi connectivity index (χ1) is 11.5. The van der Waals surface area contributed by atoms with Crippen molar-refractivity contribution >= 4 is 33.3 Å². The Morgan fingerprint density at radius 3 is 2.83 bits per heavy atom. The Kier molecular flexibility index (Phi) is 4.22. The van der Waals surface area contributed by atoms with Crippen LogP contribution in [0.25, 0.3) is 0 Å². The molecule has 2 aromatic rings. The fourth-order valence-corrected chi connectivity index (χ4v) is 3.15. The third-order valence-corrected chi connectivity index (χ3v) is 4.40. The lowest BCUT2D eigenvalue weighted by Crippen LogP contribution is -2.42. The maximum absolute atomic E-state index is 12.7. The van der Waals surface area contributed by atoms with Crippen LogP contribution in [-0.4, -0.2) is 28.3 Å². The van der Waals surface area contributed by atoms with Crippen LogP contribution in [0.1, 0.15) is 22.5 Å². The average molecular weight is 385 g/mol. The number of terminal acetylenes is 1. The van der Waals surface area contributed by atoms with Gasteiger partial charge in [-0.2, -0.15) is 0 Å². The lowest BCUT2D eigenvalue weighted by molar-refractivity contribution is -0.135. The van der Waals surface area contributed by atoms with Gasteiger partial charge in [0.2, 0.25) is 0 Å². The minimum absolute atomic E-state index is 0.0214. The van der Waals surface area contributed by atoms with Crippen LogP contribution in [0.2, 0.25) is 0 Å². The van der Waals surface area contributed by atoms with E-state index in [9.17, 15) is 14.7 Å². The van der Waals surface area contributed by atoms with Crippen LogP contribution >= 0.6 is 15.9 Å². The summed E-state index contributed by atoms with van der Waals surface area (Å²) in [6, 6.07) is 9.99. The summed E-state index contributed by atoms with van der Waals surface area (Å²) in [5.74, 6) is 1.39. The quantitative estimate of drug-likeness (QED) is 0.648. The predicted octanol–water partition coefficient (Wildman–Crippen LogP) is 2.28. The number of pyridine rings is 1. The second-order valence-corrected chi connectivity index (χ2v) is 6.35. The minimum atomic E-state index is -1.95. The molecule has 1 aromatic carbocycles. The third kappa shape index (κ3) is 2.62. The fourth-order valence-electron chi connectivity index (χ4n) is 2.79. The maximum atomic E-state index is 12.7. The van der Waals surface area contributed by atoms with E-state index in [1.807, 2.05) is 0 Å². The molecular weight excluding hydrogens is 372 g/mol. The van der Waals surface area contributed by atoms with E-state index in [-0.39, 0.29) is 12.2 Å². The number of fused-ring (bicyclic) bond motifs is 1. The topological polar surface area (TPSA) is 70.5 Å². The van der Waals surface area contributed by atoms with E-state index in [1.165, 1.54) is 11.1 Å². The van der Waals surface area contributed by atoms with E-state index >= 15 is 0 Å². The first-order valence-electron chi connectivity index (χ1n) is 7.19. The van der Waals surface area contributed by atoms with E-state index in [0.717, 1.165) is 0 Å². The molecule has 120 valence electrons. The predicted molar refractivity (Wildman–Crippen MR) is 92.4 cm³/mol. The molecule has 1 N–H and O–H groups in total. The SMILES string of the molecule is C#CCN1C(=O)[C@](O)(CC(=O)c2ccccn2)c2cc(Br)ccc21. The molecule has 0 bridgehead atoms. The monoisotopic (exact) mass is 384 g/mol. The zero-order chi connectivity index (χ0) is 17.3. The number of anilines is 1. The van der Waals surface area contributed by atoms with Crippen molar-refractivity contribution in [2.24, 2.45) is 0 Å². The Hall–Kier alpha value is -2.49. The zero-order valence-corrected chi connectivity index (χ0v) is 14.2. The Bertz CT molecular complexity index is 860. The molecule has 0 radical (unpaired) electrons. The molecule has 0 fully saturated rings. The first-order valence-corrected chi connectivity index (χ1v) is 7.99. The second kappa shape index (κ2) is 6.19. The number of benzene rings is 1. The van der Waals surface area contributed by atoms with E-state index in [4.69, 9.17) is 6.42 Å². The van der Waals surface area contributed by atoms with Crippen molar-refractivity contribution in [1.29, 1.82) is 0 Å². The fraction of sp³-hybridized carbons (Fsp3) is 0.167. The van der Waals surface area contributed by atoms with Crippen LogP contribution in [0.15, 0.2) is 47.1 Å². The van der Waals surface area contributed by atoms with Crippen LogP contribution < -0.4 is 4.90 Å². The Morgan fingerprint density at radius 1 is 1.38 bits per heavy atom. The molecule has 0 saturated carbocycles. The summed E-state index contributed by atoms with van der Waals surface area (Å²) in [7, 11) is 0. The number of hydrogen-bond acceptors (Lipinski definition) is 4. The van der Waals surface area contributed by atoms with Crippen molar-refractivity contribution in [2.75, 3.05) is 11.4 Å². The van der Waals surface area contributed by atoms with Gasteiger partial charge < -0.3 is 5.11 Å². The molecule has 3 rings (SSSR count). The number of Topliss-reactive ketones (excluding diaryl/α,β-unsaturated/α-hetero) is 1. The molecule has 1 aliphatic rings. The van der Waals surface area contributed by atoms with Crippen LogP contribution in [0.3, 0.4) is 0 Å². The lowest BCUT2D eigenvalue weighted by Gasteiger charge is -2.21. The number of nitrogens with zero attached hydrogens (tertiary/aromatic N) is 2. The standard InChI is InChI=1S/C18H13BrN2O3/c1-2-9-21-15-7-6-12(19)10-13(15)18(24,17(21)23)11-16(22)14-5-3-4-8-20-14/h1,3-8,10,24H,9,11H2/t18-/m0/s1. The molecule has 0 saturated heterocycles. The van der Waals surface area contributed by atoms with Crippen LogP contribution in [0.4, 0.5) is 5.69 Å². The summed E-state index contributed by atoms with van der Waals surface area (Å²) in [5, 5.41) is 11.0. The van der Waals surface area contributed by atoms with Crippen LogP contribution in [-0.2, 0) is 10.4 Å². The van der Waals surface area contributed by atoms with Gasteiger partial charge in [0.15, 0.2) is 11.4 Å². The lowest BCUT2D eigenvalue weighted by atomic mass is 9.89. The summed E-state index contributed by atoms with van der Waals surface area (Å²) < 4.78 is 0.695. The number of carbonyl (C=O) groups is 2. The van der Waals surface area contributed by atoms with Gasteiger partial charge in [-0.05, 0) is 30.3 Å². The maximum Gasteiger partial charge on any atom is 0.265 e. The normalized spacial score (nSPS) is 19.0. The number of carbonyl (C=O) groups excluding carboxylic acids is 2. The molecule has 1 aliphatic heterocycles. The summed E-state index contributed by atoms with van der Waals surface area (Å²) in [6.45, 7) is 0.0214. The van der Waals surface area contributed by atoms with Crippen LogP contribution in [0.5, 0.6) is 0 Å². The van der Waals surface area contributed by atoms with Gasteiger partial charge in [0.1, 0.15) is 5.69 Å². The summed E-state index contributed by atoms with van der Waals surface area (Å²) in [6.07, 6.45) is 6.42. The largest absolute Gasteiger partial charge is 0.375 e. The van der Waals surface area contributed by atoms with E-state index in [2.05, 4.69) is 26.8 Å².